The molecular formula is C20H35N. The molecule has 0 aliphatic rings. The molecular weight excluding hydrogens is 254 g/mol. The van der Waals surface area contributed by atoms with Crippen molar-refractivity contribution in [2.45, 2.75) is 81.2 Å². The Morgan fingerprint density at radius 3 is 1.62 bits per heavy atom. The van der Waals surface area contributed by atoms with Crippen LogP contribution in [0.1, 0.15) is 80.0 Å². The Hall–Kier alpha value is -0.820. The number of rotatable bonds is 5. The molecule has 0 fully saturated rings. The maximum Gasteiger partial charge on any atom is 0.0330 e. The van der Waals surface area contributed by atoms with Gasteiger partial charge in [0.05, 0.1) is 0 Å². The van der Waals surface area contributed by atoms with Gasteiger partial charge in [-0.25, -0.2) is 0 Å². The monoisotopic (exact) mass is 289 g/mol. The van der Waals surface area contributed by atoms with Crippen molar-refractivity contribution in [3.05, 3.63) is 33.4 Å². The van der Waals surface area contributed by atoms with Crippen molar-refractivity contribution in [3.63, 3.8) is 0 Å². The van der Waals surface area contributed by atoms with E-state index in [0.717, 1.165) is 6.54 Å². The molecule has 0 aromatic heterocycles. The van der Waals surface area contributed by atoms with Gasteiger partial charge in [0.15, 0.2) is 0 Å². The van der Waals surface area contributed by atoms with Crippen LogP contribution < -0.4 is 5.32 Å². The first-order valence-electron chi connectivity index (χ1n) is 8.40. The highest BCUT2D eigenvalue weighted by Crippen LogP contribution is 2.36. The van der Waals surface area contributed by atoms with Gasteiger partial charge in [-0.3, -0.25) is 0 Å². The molecule has 0 saturated heterocycles. The van der Waals surface area contributed by atoms with E-state index in [0.29, 0.717) is 11.5 Å². The Morgan fingerprint density at radius 1 is 0.810 bits per heavy atom. The summed E-state index contributed by atoms with van der Waals surface area (Å²) in [5, 5.41) is 3.80. The zero-order valence-corrected chi connectivity index (χ0v) is 15.7. The molecule has 0 aliphatic heterocycles. The van der Waals surface area contributed by atoms with Crippen LogP contribution >= 0.6 is 0 Å². The van der Waals surface area contributed by atoms with Crippen molar-refractivity contribution in [1.82, 2.24) is 5.32 Å². The molecule has 1 unspecified atom stereocenters. The van der Waals surface area contributed by atoms with Crippen molar-refractivity contribution in [3.8, 4) is 0 Å². The lowest BCUT2D eigenvalue weighted by atomic mass is 9.80. The Morgan fingerprint density at radius 2 is 1.24 bits per heavy atom. The van der Waals surface area contributed by atoms with Gasteiger partial charge < -0.3 is 5.32 Å². The van der Waals surface area contributed by atoms with Crippen LogP contribution in [-0.4, -0.2) is 6.54 Å². The Labute approximate surface area is 132 Å². The summed E-state index contributed by atoms with van der Waals surface area (Å²) < 4.78 is 0. The van der Waals surface area contributed by atoms with Crippen LogP contribution in [0.5, 0.6) is 0 Å². The molecule has 1 N–H and O–H groups in total. The minimum atomic E-state index is 0.330. The minimum absolute atomic E-state index is 0.330. The molecule has 1 rings (SSSR count). The normalized spacial score (nSPS) is 13.6. The molecule has 0 bridgehead atoms. The molecule has 1 nitrogen and oxygen atoms in total. The fraction of sp³-hybridized carbons (Fsp3) is 0.700. The summed E-state index contributed by atoms with van der Waals surface area (Å²) in [4.78, 5) is 0. The van der Waals surface area contributed by atoms with Crippen LogP contribution in [0.4, 0.5) is 0 Å². The third-order valence-electron chi connectivity index (χ3n) is 4.86. The summed E-state index contributed by atoms with van der Waals surface area (Å²) in [6, 6.07) is 0.461. The molecule has 1 aromatic carbocycles. The SMILES string of the molecule is CCCNC(CC(C)(C)C)c1c(C)c(C)c(C)c(C)c1C. The third kappa shape index (κ3) is 4.32. The topological polar surface area (TPSA) is 12.0 Å². The molecule has 0 heterocycles. The second kappa shape index (κ2) is 6.96. The van der Waals surface area contributed by atoms with Crippen LogP contribution in [0, 0.1) is 40.0 Å². The highest BCUT2D eigenvalue weighted by atomic mass is 14.9. The maximum atomic E-state index is 3.80. The summed E-state index contributed by atoms with van der Waals surface area (Å²) in [5.74, 6) is 0. The van der Waals surface area contributed by atoms with Gasteiger partial charge in [-0.15, -0.1) is 0 Å². The van der Waals surface area contributed by atoms with Gasteiger partial charge in [-0.05, 0) is 92.8 Å². The third-order valence-corrected chi connectivity index (χ3v) is 4.86. The molecule has 0 saturated carbocycles. The predicted octanol–water partition coefficient (Wildman–Crippen LogP) is 5.71. The average molecular weight is 290 g/mol. The van der Waals surface area contributed by atoms with Crippen LogP contribution in [0.25, 0.3) is 0 Å². The van der Waals surface area contributed by atoms with E-state index in [1.165, 1.54) is 40.7 Å². The lowest BCUT2D eigenvalue weighted by Gasteiger charge is -2.31. The predicted molar refractivity (Wildman–Crippen MR) is 95.2 cm³/mol. The summed E-state index contributed by atoms with van der Waals surface area (Å²) in [6.45, 7) is 21.7. The van der Waals surface area contributed by atoms with Crippen molar-refractivity contribution < 1.29 is 0 Å². The lowest BCUT2D eigenvalue weighted by Crippen LogP contribution is -2.28. The first-order valence-corrected chi connectivity index (χ1v) is 8.40. The molecule has 0 spiro atoms. The van der Waals surface area contributed by atoms with E-state index >= 15 is 0 Å². The van der Waals surface area contributed by atoms with Crippen LogP contribution in [0.2, 0.25) is 0 Å². The molecule has 1 atom stereocenters. The van der Waals surface area contributed by atoms with Crippen LogP contribution in [0.3, 0.4) is 0 Å². The fourth-order valence-corrected chi connectivity index (χ4v) is 3.26. The highest BCUT2D eigenvalue weighted by Gasteiger charge is 2.24. The summed E-state index contributed by atoms with van der Waals surface area (Å²) in [5.41, 5.74) is 9.21. The van der Waals surface area contributed by atoms with Crippen molar-refractivity contribution in [2.24, 2.45) is 5.41 Å². The quantitative estimate of drug-likeness (QED) is 0.732. The molecule has 0 amide bonds. The van der Waals surface area contributed by atoms with Crippen LogP contribution in [-0.2, 0) is 0 Å². The van der Waals surface area contributed by atoms with E-state index in [-0.39, 0.29) is 0 Å². The standard InChI is InChI=1S/C20H35N/c1-10-11-21-18(12-20(7,8)9)19-16(5)14(3)13(2)15(4)17(19)6/h18,21H,10-12H2,1-9H3. The van der Waals surface area contributed by atoms with Gasteiger partial charge in [-0.2, -0.15) is 0 Å². The van der Waals surface area contributed by atoms with Gasteiger partial charge in [-0.1, -0.05) is 27.7 Å². The zero-order chi connectivity index (χ0) is 16.4. The Kier molecular flexibility index (Phi) is 6.04. The van der Waals surface area contributed by atoms with Crippen molar-refractivity contribution >= 4 is 0 Å². The summed E-state index contributed by atoms with van der Waals surface area (Å²) in [6.07, 6.45) is 2.36. The first-order chi connectivity index (χ1) is 9.60. The number of hydrogen-bond acceptors (Lipinski definition) is 1. The zero-order valence-electron chi connectivity index (χ0n) is 15.7. The lowest BCUT2D eigenvalue weighted by molar-refractivity contribution is 0.310. The van der Waals surface area contributed by atoms with E-state index in [1.54, 1.807) is 5.56 Å². The summed E-state index contributed by atoms with van der Waals surface area (Å²) in [7, 11) is 0. The van der Waals surface area contributed by atoms with Gasteiger partial charge in [0.2, 0.25) is 0 Å². The largest absolute Gasteiger partial charge is 0.310 e. The smallest absolute Gasteiger partial charge is 0.0330 e. The van der Waals surface area contributed by atoms with Crippen molar-refractivity contribution in [1.29, 1.82) is 0 Å². The van der Waals surface area contributed by atoms with Gasteiger partial charge in [0.1, 0.15) is 0 Å². The Bertz CT molecular complexity index is 463. The fourth-order valence-electron chi connectivity index (χ4n) is 3.26. The van der Waals surface area contributed by atoms with E-state index in [2.05, 4.69) is 67.6 Å². The molecule has 21 heavy (non-hydrogen) atoms. The van der Waals surface area contributed by atoms with Crippen molar-refractivity contribution in [2.75, 3.05) is 6.54 Å². The van der Waals surface area contributed by atoms with Gasteiger partial charge in [0, 0.05) is 6.04 Å². The summed E-state index contributed by atoms with van der Waals surface area (Å²) >= 11 is 0. The molecule has 1 heteroatoms. The second-order valence-corrected chi connectivity index (χ2v) is 7.81. The molecule has 0 aliphatic carbocycles. The van der Waals surface area contributed by atoms with E-state index in [9.17, 15) is 0 Å². The maximum absolute atomic E-state index is 3.80. The molecule has 1 aromatic rings. The number of nitrogens with one attached hydrogen (secondary N) is 1. The Balaban J connectivity index is 3.36. The minimum Gasteiger partial charge on any atom is -0.310 e. The van der Waals surface area contributed by atoms with E-state index < -0.39 is 0 Å². The number of benzene rings is 1. The van der Waals surface area contributed by atoms with E-state index in [4.69, 9.17) is 0 Å². The van der Waals surface area contributed by atoms with Crippen LogP contribution in [0.15, 0.2) is 0 Å². The molecule has 0 radical (unpaired) electrons. The van der Waals surface area contributed by atoms with Gasteiger partial charge >= 0.3 is 0 Å². The van der Waals surface area contributed by atoms with E-state index in [1.807, 2.05) is 0 Å². The van der Waals surface area contributed by atoms with Gasteiger partial charge in [0.25, 0.3) is 0 Å². The number of hydrogen-bond donors (Lipinski definition) is 1. The molecule has 120 valence electrons. The average Bonchev–Trinajstić information content (AvgIpc) is 2.38. The second-order valence-electron chi connectivity index (χ2n) is 7.81. The first kappa shape index (κ1) is 18.2. The highest BCUT2D eigenvalue weighted by molar-refractivity contribution is 5.50.